The van der Waals surface area contributed by atoms with Crippen molar-refractivity contribution in [3.8, 4) is 10.7 Å². The normalized spacial score (nSPS) is 11.6. The molecule has 0 amide bonds. The van der Waals surface area contributed by atoms with Crippen molar-refractivity contribution in [2.24, 2.45) is 0 Å². The van der Waals surface area contributed by atoms with Gasteiger partial charge in [-0.05, 0) is 49.6 Å². The molecule has 0 aliphatic rings. The maximum absolute atomic E-state index is 12.3. The number of ether oxygens (including phenoxy) is 1. The zero-order valence-electron chi connectivity index (χ0n) is 19.2. The van der Waals surface area contributed by atoms with Gasteiger partial charge in [-0.25, -0.2) is 0 Å². The van der Waals surface area contributed by atoms with Crippen molar-refractivity contribution in [2.75, 3.05) is 6.61 Å². The monoisotopic (exact) mass is 468 g/mol. The first kappa shape index (κ1) is 24.3. The van der Waals surface area contributed by atoms with Gasteiger partial charge in [-0.2, -0.15) is 4.98 Å². The summed E-state index contributed by atoms with van der Waals surface area (Å²) in [7, 11) is -1.15. The zero-order chi connectivity index (χ0) is 23.0. The third-order valence-electron chi connectivity index (χ3n) is 5.23. The summed E-state index contributed by atoms with van der Waals surface area (Å²) >= 11 is 1.49. The van der Waals surface area contributed by atoms with Crippen LogP contribution < -0.4 is 5.56 Å². The van der Waals surface area contributed by atoms with Crippen LogP contribution in [0, 0.1) is 0 Å². The molecule has 2 aromatic heterocycles. The summed E-state index contributed by atoms with van der Waals surface area (Å²) in [5, 5.41) is 1.31. The van der Waals surface area contributed by atoms with Crippen LogP contribution in [0.25, 0.3) is 20.8 Å². The summed E-state index contributed by atoms with van der Waals surface area (Å²) in [6.07, 6.45) is 5.33. The maximum atomic E-state index is 12.3. The molecule has 1 aromatic carbocycles. The zero-order valence-corrected chi connectivity index (χ0v) is 21.0. The van der Waals surface area contributed by atoms with Crippen LogP contribution in [-0.4, -0.2) is 30.6 Å². The fraction of sp³-hybridized carbons (Fsp3) is 0.440. The number of rotatable bonds is 11. The lowest BCUT2D eigenvalue weighted by Gasteiger charge is -2.15. The van der Waals surface area contributed by atoms with Crippen LogP contribution in [0.5, 0.6) is 0 Å². The van der Waals surface area contributed by atoms with Gasteiger partial charge in [-0.3, -0.25) is 14.6 Å². The molecule has 32 heavy (non-hydrogen) atoms. The summed E-state index contributed by atoms with van der Waals surface area (Å²) in [5.41, 5.74) is 1.54. The molecule has 0 aliphatic carbocycles. The van der Waals surface area contributed by atoms with Gasteiger partial charge >= 0.3 is 5.97 Å². The Balaban J connectivity index is 1.43. The smallest absolute Gasteiger partial charge is 0.305 e. The number of unbranched alkanes of at least 4 members (excludes halogenated alkanes) is 3. The van der Waals surface area contributed by atoms with Gasteiger partial charge in [0.1, 0.15) is 5.01 Å². The Bertz CT molecular complexity index is 1110. The van der Waals surface area contributed by atoms with Crippen molar-refractivity contribution in [2.45, 2.75) is 64.2 Å². The van der Waals surface area contributed by atoms with Crippen LogP contribution in [0.1, 0.15) is 37.8 Å². The minimum atomic E-state index is -1.15. The van der Waals surface area contributed by atoms with Gasteiger partial charge in [0.15, 0.2) is 0 Å². The second-order valence-electron chi connectivity index (χ2n) is 9.28. The molecule has 0 saturated heterocycles. The fourth-order valence-electron chi connectivity index (χ4n) is 3.33. The van der Waals surface area contributed by atoms with E-state index in [-0.39, 0.29) is 11.5 Å². The van der Waals surface area contributed by atoms with E-state index in [4.69, 9.17) is 9.72 Å². The van der Waals surface area contributed by atoms with E-state index in [1.54, 1.807) is 0 Å². The molecule has 0 radical (unpaired) electrons. The minimum Gasteiger partial charge on any atom is -0.466 e. The van der Waals surface area contributed by atoms with Crippen LogP contribution in [0.15, 0.2) is 47.3 Å². The second kappa shape index (κ2) is 11.5. The van der Waals surface area contributed by atoms with Crippen LogP contribution in [0.3, 0.4) is 0 Å². The average Bonchev–Trinajstić information content (AvgIpc) is 2.75. The highest BCUT2D eigenvalue weighted by molar-refractivity contribution is 7.21. The summed E-state index contributed by atoms with van der Waals surface area (Å²) < 4.78 is 6.27. The lowest BCUT2D eigenvalue weighted by molar-refractivity contribution is -0.143. The quantitative estimate of drug-likeness (QED) is 0.193. The van der Waals surface area contributed by atoms with Gasteiger partial charge in [-0.1, -0.05) is 50.7 Å². The molecule has 0 bridgehead atoms. The van der Waals surface area contributed by atoms with E-state index in [0.717, 1.165) is 54.2 Å². The largest absolute Gasteiger partial charge is 0.466 e. The molecule has 0 unspecified atom stereocenters. The predicted molar refractivity (Wildman–Crippen MR) is 135 cm³/mol. The molecule has 2 heterocycles. The Morgan fingerprint density at radius 1 is 0.969 bits per heavy atom. The number of aryl methyl sites for hydroxylation is 1. The number of hydrogen-bond acceptors (Lipinski definition) is 6. The number of benzene rings is 1. The third kappa shape index (κ3) is 7.64. The number of aromatic nitrogens is 2. The maximum Gasteiger partial charge on any atom is 0.305 e. The molecule has 0 aliphatic heterocycles. The molecule has 5 nitrogen and oxygen atoms in total. The van der Waals surface area contributed by atoms with E-state index in [1.165, 1.54) is 11.3 Å². The van der Waals surface area contributed by atoms with Crippen LogP contribution in [0.4, 0.5) is 0 Å². The van der Waals surface area contributed by atoms with Crippen molar-refractivity contribution in [1.29, 1.82) is 0 Å². The highest BCUT2D eigenvalue weighted by atomic mass is 32.1. The molecule has 170 valence electrons. The SMILES string of the molecule is C[Si](C)(C)CCOC(=O)CCCCCCc1cccc(-c2nc(=O)c3ccccc3s2)n1. The lowest BCUT2D eigenvalue weighted by atomic mass is 10.1. The van der Waals surface area contributed by atoms with Gasteiger partial charge in [0.2, 0.25) is 0 Å². The Labute approximate surface area is 194 Å². The summed E-state index contributed by atoms with van der Waals surface area (Å²) in [4.78, 5) is 33.1. The molecule has 0 spiro atoms. The van der Waals surface area contributed by atoms with E-state index in [0.29, 0.717) is 23.4 Å². The first-order chi connectivity index (χ1) is 15.3. The topological polar surface area (TPSA) is 69.2 Å². The van der Waals surface area contributed by atoms with Gasteiger partial charge < -0.3 is 4.74 Å². The highest BCUT2D eigenvalue weighted by Crippen LogP contribution is 2.25. The van der Waals surface area contributed by atoms with Crippen molar-refractivity contribution >= 4 is 35.5 Å². The van der Waals surface area contributed by atoms with E-state index >= 15 is 0 Å². The van der Waals surface area contributed by atoms with E-state index in [1.807, 2.05) is 42.5 Å². The molecule has 0 N–H and O–H groups in total. The Morgan fingerprint density at radius 2 is 1.75 bits per heavy atom. The number of esters is 1. The van der Waals surface area contributed by atoms with E-state index < -0.39 is 8.07 Å². The number of carbonyl (C=O) groups is 1. The molecule has 7 heteroatoms. The molecule has 0 fully saturated rings. The molecule has 3 rings (SSSR count). The summed E-state index contributed by atoms with van der Waals surface area (Å²) in [5.74, 6) is -0.0699. The van der Waals surface area contributed by atoms with Crippen molar-refractivity contribution < 1.29 is 9.53 Å². The van der Waals surface area contributed by atoms with Gasteiger partial charge in [0.25, 0.3) is 5.56 Å². The predicted octanol–water partition coefficient (Wildman–Crippen LogP) is 6.09. The first-order valence-electron chi connectivity index (χ1n) is 11.3. The van der Waals surface area contributed by atoms with Crippen molar-refractivity contribution in [3.63, 3.8) is 0 Å². The van der Waals surface area contributed by atoms with Crippen LogP contribution in [0.2, 0.25) is 25.7 Å². The van der Waals surface area contributed by atoms with Crippen molar-refractivity contribution in [3.05, 3.63) is 58.5 Å². The number of fused-ring (bicyclic) bond motifs is 1. The Hall–Kier alpha value is -2.38. The fourth-order valence-corrected chi connectivity index (χ4v) is 5.01. The third-order valence-corrected chi connectivity index (χ3v) is 8.01. The Kier molecular flexibility index (Phi) is 8.70. The number of carbonyl (C=O) groups excluding carboxylic acids is 1. The standard InChI is InChI=1S/C25H32N2O3SSi/c1-32(2,3)18-17-30-23(28)16-7-5-4-6-11-19-12-10-14-21(26-19)25-27-24(29)20-13-8-9-15-22(20)31-25/h8-10,12-15H,4-7,11,16-18H2,1-3H3. The van der Waals surface area contributed by atoms with E-state index in [2.05, 4.69) is 24.6 Å². The number of nitrogens with zero attached hydrogens (tertiary/aromatic N) is 2. The summed E-state index contributed by atoms with van der Waals surface area (Å²) in [6.45, 7) is 7.42. The molecular formula is C25H32N2O3SSi. The molecule has 0 saturated carbocycles. The number of hydrogen-bond donors (Lipinski definition) is 0. The molecule has 0 atom stereocenters. The van der Waals surface area contributed by atoms with Gasteiger partial charge in [-0.15, -0.1) is 11.3 Å². The van der Waals surface area contributed by atoms with Crippen LogP contribution in [-0.2, 0) is 16.0 Å². The summed E-state index contributed by atoms with van der Waals surface area (Å²) in [6, 6.07) is 14.5. The average molecular weight is 469 g/mol. The van der Waals surface area contributed by atoms with Gasteiger partial charge in [0.05, 0.1) is 17.7 Å². The molecule has 3 aromatic rings. The second-order valence-corrected chi connectivity index (χ2v) is 15.9. The highest BCUT2D eigenvalue weighted by Gasteiger charge is 2.13. The molecular weight excluding hydrogens is 436 g/mol. The first-order valence-corrected chi connectivity index (χ1v) is 15.9. The Morgan fingerprint density at radius 3 is 2.56 bits per heavy atom. The van der Waals surface area contributed by atoms with Gasteiger partial charge in [0, 0.05) is 24.9 Å². The van der Waals surface area contributed by atoms with Crippen molar-refractivity contribution in [1.82, 2.24) is 9.97 Å². The number of pyridine rings is 1. The minimum absolute atomic E-state index is 0.0699. The van der Waals surface area contributed by atoms with E-state index in [9.17, 15) is 9.59 Å². The lowest BCUT2D eigenvalue weighted by Crippen LogP contribution is -2.22. The van der Waals surface area contributed by atoms with Crippen LogP contribution >= 0.6 is 11.3 Å².